The fourth-order valence-corrected chi connectivity index (χ4v) is 3.91. The average molecular weight is 334 g/mol. The SMILES string of the molecule is COC(=O)Cc1ccc(CNCC(C)(C)NS(C)(=O)=O)s1. The van der Waals surface area contributed by atoms with E-state index in [1.54, 1.807) is 0 Å². The Labute approximate surface area is 129 Å². The molecule has 0 fully saturated rings. The molecule has 1 aromatic heterocycles. The highest BCUT2D eigenvalue weighted by Gasteiger charge is 2.21. The van der Waals surface area contributed by atoms with E-state index in [1.165, 1.54) is 18.4 Å². The summed E-state index contributed by atoms with van der Waals surface area (Å²) < 4.78 is 29.7. The molecular weight excluding hydrogens is 312 g/mol. The Morgan fingerprint density at radius 2 is 1.95 bits per heavy atom. The predicted octanol–water partition coefficient (Wildman–Crippen LogP) is 0.881. The molecule has 0 aromatic carbocycles. The summed E-state index contributed by atoms with van der Waals surface area (Å²) >= 11 is 1.54. The van der Waals surface area contributed by atoms with Crippen LogP contribution in [0.15, 0.2) is 12.1 Å². The van der Waals surface area contributed by atoms with Crippen LogP contribution in [0, 0.1) is 0 Å². The minimum atomic E-state index is -3.23. The molecule has 0 saturated carbocycles. The van der Waals surface area contributed by atoms with Gasteiger partial charge in [0, 0.05) is 28.4 Å². The third-order valence-electron chi connectivity index (χ3n) is 2.59. The summed E-state index contributed by atoms with van der Waals surface area (Å²) in [5.74, 6) is -0.255. The van der Waals surface area contributed by atoms with E-state index in [0.717, 1.165) is 16.0 Å². The highest BCUT2D eigenvalue weighted by molar-refractivity contribution is 7.88. The van der Waals surface area contributed by atoms with Crippen LogP contribution in [-0.4, -0.2) is 39.8 Å². The van der Waals surface area contributed by atoms with Crippen molar-refractivity contribution < 1.29 is 17.9 Å². The Kier molecular flexibility index (Phi) is 6.33. The number of ether oxygens (including phenoxy) is 1. The number of carbonyl (C=O) groups excluding carboxylic acids is 1. The summed E-state index contributed by atoms with van der Waals surface area (Å²) in [5, 5.41) is 3.21. The minimum absolute atomic E-state index is 0.255. The lowest BCUT2D eigenvalue weighted by Crippen LogP contribution is -2.49. The van der Waals surface area contributed by atoms with E-state index in [-0.39, 0.29) is 12.4 Å². The molecule has 1 aromatic rings. The third-order valence-corrected chi connectivity index (χ3v) is 4.60. The number of hydrogen-bond acceptors (Lipinski definition) is 6. The molecule has 0 bridgehead atoms. The van der Waals surface area contributed by atoms with Gasteiger partial charge in [0.15, 0.2) is 0 Å². The molecule has 0 saturated heterocycles. The molecule has 1 rings (SSSR count). The van der Waals surface area contributed by atoms with Crippen molar-refractivity contribution in [2.75, 3.05) is 19.9 Å². The van der Waals surface area contributed by atoms with Gasteiger partial charge in [-0.1, -0.05) is 0 Å². The van der Waals surface area contributed by atoms with E-state index in [0.29, 0.717) is 13.1 Å². The van der Waals surface area contributed by atoms with E-state index < -0.39 is 15.6 Å². The number of nitrogens with one attached hydrogen (secondary N) is 2. The number of methoxy groups -OCH3 is 1. The quantitative estimate of drug-likeness (QED) is 0.690. The van der Waals surface area contributed by atoms with Gasteiger partial charge in [0.1, 0.15) is 0 Å². The standard InChI is InChI=1S/C13H22N2O4S2/c1-13(2,15-21(4,17)18)9-14-8-11-6-5-10(20-11)7-12(16)19-3/h5-6,14-15H,7-9H2,1-4H3. The van der Waals surface area contributed by atoms with Gasteiger partial charge in [-0.05, 0) is 26.0 Å². The van der Waals surface area contributed by atoms with Crippen LogP contribution >= 0.6 is 11.3 Å². The first-order valence-corrected chi connectivity index (χ1v) is 9.16. The lowest BCUT2D eigenvalue weighted by atomic mass is 10.1. The molecular formula is C13H22N2O4S2. The molecule has 0 unspecified atom stereocenters. The predicted molar refractivity (Wildman–Crippen MR) is 83.8 cm³/mol. The van der Waals surface area contributed by atoms with Crippen molar-refractivity contribution in [2.45, 2.75) is 32.4 Å². The average Bonchev–Trinajstić information content (AvgIpc) is 2.73. The van der Waals surface area contributed by atoms with E-state index in [9.17, 15) is 13.2 Å². The fraction of sp³-hybridized carbons (Fsp3) is 0.615. The zero-order valence-electron chi connectivity index (χ0n) is 12.7. The van der Waals surface area contributed by atoms with Gasteiger partial charge in [-0.15, -0.1) is 11.3 Å². The van der Waals surface area contributed by atoms with Gasteiger partial charge in [0.05, 0.1) is 19.8 Å². The summed E-state index contributed by atoms with van der Waals surface area (Å²) in [7, 11) is -1.86. The molecule has 2 N–H and O–H groups in total. The largest absolute Gasteiger partial charge is 0.469 e. The highest BCUT2D eigenvalue weighted by atomic mass is 32.2. The first kappa shape index (κ1) is 18.1. The first-order chi connectivity index (χ1) is 9.61. The lowest BCUT2D eigenvalue weighted by molar-refractivity contribution is -0.139. The van der Waals surface area contributed by atoms with Gasteiger partial charge in [0.25, 0.3) is 0 Å². The van der Waals surface area contributed by atoms with Crippen LogP contribution in [-0.2, 0) is 32.5 Å². The first-order valence-electron chi connectivity index (χ1n) is 6.45. The van der Waals surface area contributed by atoms with Crippen LogP contribution < -0.4 is 10.0 Å². The number of carbonyl (C=O) groups is 1. The van der Waals surface area contributed by atoms with Crippen molar-refractivity contribution in [1.29, 1.82) is 0 Å². The van der Waals surface area contributed by atoms with Gasteiger partial charge >= 0.3 is 5.97 Å². The van der Waals surface area contributed by atoms with Crippen molar-refractivity contribution >= 4 is 27.3 Å². The summed E-state index contributed by atoms with van der Waals surface area (Å²) in [4.78, 5) is 13.2. The van der Waals surface area contributed by atoms with Crippen LogP contribution in [0.5, 0.6) is 0 Å². The molecule has 1 heterocycles. The van der Waals surface area contributed by atoms with Gasteiger partial charge < -0.3 is 10.1 Å². The van der Waals surface area contributed by atoms with E-state index in [2.05, 4.69) is 14.8 Å². The van der Waals surface area contributed by atoms with Crippen LogP contribution in [0.3, 0.4) is 0 Å². The van der Waals surface area contributed by atoms with E-state index in [1.807, 2.05) is 26.0 Å². The fourth-order valence-electron chi connectivity index (χ4n) is 1.86. The number of rotatable bonds is 8. The molecule has 0 atom stereocenters. The van der Waals surface area contributed by atoms with Crippen molar-refractivity contribution in [3.63, 3.8) is 0 Å². The Bertz CT molecular complexity index is 579. The normalized spacial score (nSPS) is 12.4. The molecule has 0 amide bonds. The second-order valence-electron chi connectivity index (χ2n) is 5.48. The monoisotopic (exact) mass is 334 g/mol. The molecule has 0 aliphatic carbocycles. The van der Waals surface area contributed by atoms with Crippen LogP contribution in [0.4, 0.5) is 0 Å². The number of hydrogen-bond donors (Lipinski definition) is 2. The Morgan fingerprint density at radius 3 is 2.52 bits per heavy atom. The van der Waals surface area contributed by atoms with E-state index >= 15 is 0 Å². The zero-order chi connectivity index (χ0) is 16.1. The van der Waals surface area contributed by atoms with Crippen molar-refractivity contribution in [3.8, 4) is 0 Å². The van der Waals surface area contributed by atoms with Gasteiger partial charge in [0.2, 0.25) is 10.0 Å². The molecule has 8 heteroatoms. The maximum atomic E-state index is 11.2. The maximum absolute atomic E-state index is 11.2. The maximum Gasteiger partial charge on any atom is 0.310 e. The van der Waals surface area contributed by atoms with Gasteiger partial charge in [-0.25, -0.2) is 13.1 Å². The zero-order valence-corrected chi connectivity index (χ0v) is 14.4. The summed E-state index contributed by atoms with van der Waals surface area (Å²) in [5.41, 5.74) is -0.556. The summed E-state index contributed by atoms with van der Waals surface area (Å²) in [6.45, 7) is 4.77. The smallest absolute Gasteiger partial charge is 0.310 e. The topological polar surface area (TPSA) is 84.5 Å². The lowest BCUT2D eigenvalue weighted by Gasteiger charge is -2.25. The number of thiophene rings is 1. The Balaban J connectivity index is 2.44. The molecule has 0 spiro atoms. The second kappa shape index (κ2) is 7.35. The molecule has 6 nitrogen and oxygen atoms in total. The molecule has 21 heavy (non-hydrogen) atoms. The van der Waals surface area contributed by atoms with Crippen molar-refractivity contribution in [1.82, 2.24) is 10.0 Å². The van der Waals surface area contributed by atoms with Crippen molar-refractivity contribution in [2.24, 2.45) is 0 Å². The number of esters is 1. The van der Waals surface area contributed by atoms with Gasteiger partial charge in [-0.3, -0.25) is 4.79 Å². The minimum Gasteiger partial charge on any atom is -0.469 e. The third kappa shape index (κ3) is 7.56. The van der Waals surface area contributed by atoms with Crippen LogP contribution in [0.2, 0.25) is 0 Å². The van der Waals surface area contributed by atoms with E-state index in [4.69, 9.17) is 0 Å². The summed E-state index contributed by atoms with van der Waals surface area (Å²) in [6, 6.07) is 3.85. The second-order valence-corrected chi connectivity index (χ2v) is 8.48. The highest BCUT2D eigenvalue weighted by Crippen LogP contribution is 2.17. The van der Waals surface area contributed by atoms with Crippen molar-refractivity contribution in [3.05, 3.63) is 21.9 Å². The number of sulfonamides is 1. The summed E-state index contributed by atoms with van der Waals surface area (Å²) in [6.07, 6.45) is 1.43. The Hall–Kier alpha value is -0.960. The molecule has 0 radical (unpaired) electrons. The molecule has 0 aliphatic heterocycles. The molecule has 0 aliphatic rings. The van der Waals surface area contributed by atoms with Gasteiger partial charge in [-0.2, -0.15) is 0 Å². The van der Waals surface area contributed by atoms with Crippen LogP contribution in [0.1, 0.15) is 23.6 Å². The van der Waals surface area contributed by atoms with Crippen LogP contribution in [0.25, 0.3) is 0 Å². The molecule has 120 valence electrons. The Morgan fingerprint density at radius 1 is 1.33 bits per heavy atom.